The molecule has 1 heterocycles. The Balaban J connectivity index is 1.24. The van der Waals surface area contributed by atoms with Gasteiger partial charge in [0.15, 0.2) is 6.04 Å². The van der Waals surface area contributed by atoms with Gasteiger partial charge in [-0.2, -0.15) is 0 Å². The normalized spacial score (nSPS) is 16.2. The molecule has 2 amide bonds. The van der Waals surface area contributed by atoms with Crippen LogP contribution in [-0.4, -0.2) is 35.2 Å². The maximum absolute atomic E-state index is 12.8. The molecular weight excluding hydrogens is 440 g/mol. The minimum Gasteiger partial charge on any atom is -0.479 e. The maximum Gasteiger partial charge on any atom is 0.408 e. The molecular formula is C25H22N2O5S. The number of amides is 2. The van der Waals surface area contributed by atoms with Gasteiger partial charge in [0.2, 0.25) is 5.91 Å². The van der Waals surface area contributed by atoms with E-state index >= 15 is 0 Å². The number of thiophene rings is 1. The molecule has 5 rings (SSSR count). The average molecular weight is 463 g/mol. The van der Waals surface area contributed by atoms with Crippen molar-refractivity contribution in [2.24, 2.45) is 0 Å². The zero-order valence-corrected chi connectivity index (χ0v) is 18.4. The second kappa shape index (κ2) is 8.37. The van der Waals surface area contributed by atoms with Crippen LogP contribution in [0.4, 0.5) is 4.79 Å². The van der Waals surface area contributed by atoms with E-state index in [1.807, 2.05) is 36.4 Å². The van der Waals surface area contributed by atoms with Crippen molar-refractivity contribution in [3.63, 3.8) is 0 Å². The van der Waals surface area contributed by atoms with E-state index < -0.39 is 29.6 Å². The topological polar surface area (TPSA) is 105 Å². The largest absolute Gasteiger partial charge is 0.479 e. The minimum atomic E-state index is -1.15. The number of fused-ring (bicyclic) bond motifs is 3. The molecule has 2 aliphatic carbocycles. The molecule has 3 aromatic rings. The molecule has 0 aliphatic heterocycles. The second-order valence-corrected chi connectivity index (χ2v) is 9.27. The lowest BCUT2D eigenvalue weighted by Gasteiger charge is -2.21. The first kappa shape index (κ1) is 21.2. The third-order valence-corrected chi connectivity index (χ3v) is 7.16. The van der Waals surface area contributed by atoms with E-state index in [0.717, 1.165) is 22.3 Å². The van der Waals surface area contributed by atoms with Crippen LogP contribution in [0.15, 0.2) is 66.0 Å². The lowest BCUT2D eigenvalue weighted by molar-refractivity contribution is -0.142. The number of carboxylic acid groups (broad SMARTS) is 1. The van der Waals surface area contributed by atoms with Gasteiger partial charge in [-0.05, 0) is 46.5 Å². The summed E-state index contributed by atoms with van der Waals surface area (Å²) in [6.45, 7) is 0.143. The SMILES string of the molecule is O=C(NC1(C(=O)NC(C(=O)O)c2cccs2)CC1)OCC1c2ccccc2-c2ccccc21. The van der Waals surface area contributed by atoms with Crippen LogP contribution < -0.4 is 10.6 Å². The first-order valence-corrected chi connectivity index (χ1v) is 11.6. The summed E-state index contributed by atoms with van der Waals surface area (Å²) < 4.78 is 5.55. The van der Waals surface area contributed by atoms with Crippen LogP contribution in [0, 0.1) is 0 Å². The third kappa shape index (κ3) is 3.98. The Hall–Kier alpha value is -3.65. The zero-order chi connectivity index (χ0) is 23.0. The number of nitrogens with one attached hydrogen (secondary N) is 2. The molecule has 168 valence electrons. The zero-order valence-electron chi connectivity index (χ0n) is 17.6. The average Bonchev–Trinajstić information content (AvgIpc) is 3.27. The van der Waals surface area contributed by atoms with Gasteiger partial charge in [-0.15, -0.1) is 11.3 Å². The van der Waals surface area contributed by atoms with E-state index in [4.69, 9.17) is 4.74 Å². The Morgan fingerprint density at radius 3 is 2.18 bits per heavy atom. The Morgan fingerprint density at radius 2 is 1.64 bits per heavy atom. The van der Waals surface area contributed by atoms with Gasteiger partial charge < -0.3 is 20.5 Å². The van der Waals surface area contributed by atoms with E-state index in [1.54, 1.807) is 17.5 Å². The lowest BCUT2D eigenvalue weighted by atomic mass is 9.98. The number of carbonyl (C=O) groups excluding carboxylic acids is 2. The van der Waals surface area contributed by atoms with Gasteiger partial charge >= 0.3 is 12.1 Å². The summed E-state index contributed by atoms with van der Waals surface area (Å²) >= 11 is 1.25. The number of carboxylic acids is 1. The summed E-state index contributed by atoms with van der Waals surface area (Å²) in [5, 5.41) is 16.5. The molecule has 7 nitrogen and oxygen atoms in total. The summed E-state index contributed by atoms with van der Waals surface area (Å²) in [4.78, 5) is 37.6. The first-order valence-electron chi connectivity index (χ1n) is 10.7. The number of hydrogen-bond donors (Lipinski definition) is 3. The lowest BCUT2D eigenvalue weighted by Crippen LogP contribution is -2.51. The summed E-state index contributed by atoms with van der Waals surface area (Å²) in [6.07, 6.45) is 0.173. The van der Waals surface area contributed by atoms with Gasteiger partial charge in [-0.25, -0.2) is 9.59 Å². The third-order valence-electron chi connectivity index (χ3n) is 6.22. The standard InChI is InChI=1S/C25H22N2O5S/c28-22(29)21(20-10-5-13-33-20)26-23(30)25(11-12-25)27-24(31)32-14-19-17-8-3-1-6-15(17)16-7-2-4-9-18(16)19/h1-10,13,19,21H,11-12,14H2,(H,26,30)(H,27,31)(H,28,29). The van der Waals surface area contributed by atoms with Crippen LogP contribution in [-0.2, 0) is 14.3 Å². The molecule has 0 spiro atoms. The highest BCUT2D eigenvalue weighted by Gasteiger charge is 2.52. The smallest absolute Gasteiger partial charge is 0.408 e. The van der Waals surface area contributed by atoms with Crippen molar-refractivity contribution in [2.75, 3.05) is 6.61 Å². The van der Waals surface area contributed by atoms with Crippen LogP contribution in [0.5, 0.6) is 0 Å². The van der Waals surface area contributed by atoms with E-state index in [-0.39, 0.29) is 12.5 Å². The van der Waals surface area contributed by atoms with E-state index in [9.17, 15) is 19.5 Å². The highest BCUT2D eigenvalue weighted by atomic mass is 32.1. The molecule has 33 heavy (non-hydrogen) atoms. The van der Waals surface area contributed by atoms with Crippen molar-refractivity contribution in [3.8, 4) is 11.1 Å². The fraction of sp³-hybridized carbons (Fsp3) is 0.240. The van der Waals surface area contributed by atoms with Crippen LogP contribution in [0.1, 0.15) is 40.8 Å². The van der Waals surface area contributed by atoms with Crippen molar-refractivity contribution in [1.29, 1.82) is 0 Å². The fourth-order valence-corrected chi connectivity index (χ4v) is 5.11. The number of carbonyl (C=O) groups is 3. The predicted molar refractivity (Wildman–Crippen MR) is 123 cm³/mol. The number of alkyl carbamates (subject to hydrolysis) is 1. The molecule has 8 heteroatoms. The predicted octanol–water partition coefficient (Wildman–Crippen LogP) is 4.06. The number of ether oxygens (including phenoxy) is 1. The van der Waals surface area contributed by atoms with Crippen molar-refractivity contribution in [3.05, 3.63) is 82.0 Å². The number of benzene rings is 2. The van der Waals surface area contributed by atoms with Crippen LogP contribution in [0.2, 0.25) is 0 Å². The van der Waals surface area contributed by atoms with Gasteiger partial charge in [0.25, 0.3) is 0 Å². The van der Waals surface area contributed by atoms with Gasteiger partial charge in [0, 0.05) is 10.8 Å². The summed E-state index contributed by atoms with van der Waals surface area (Å²) in [5.41, 5.74) is 3.34. The monoisotopic (exact) mass is 462 g/mol. The molecule has 1 atom stereocenters. The number of hydrogen-bond acceptors (Lipinski definition) is 5. The number of rotatable bonds is 7. The second-order valence-electron chi connectivity index (χ2n) is 8.29. The molecule has 1 aromatic heterocycles. The maximum atomic E-state index is 12.8. The van der Waals surface area contributed by atoms with Crippen LogP contribution in [0.25, 0.3) is 11.1 Å². The van der Waals surface area contributed by atoms with E-state index in [2.05, 4.69) is 22.8 Å². The van der Waals surface area contributed by atoms with E-state index in [1.165, 1.54) is 11.3 Å². The van der Waals surface area contributed by atoms with Crippen molar-refractivity contribution >= 4 is 29.3 Å². The molecule has 2 aliphatic rings. The van der Waals surface area contributed by atoms with Gasteiger partial charge in [0.05, 0.1) is 0 Å². The molecule has 0 bridgehead atoms. The summed E-state index contributed by atoms with van der Waals surface area (Å²) in [5.74, 6) is -1.75. The van der Waals surface area contributed by atoms with Crippen LogP contribution >= 0.6 is 11.3 Å². The first-order chi connectivity index (χ1) is 16.0. The van der Waals surface area contributed by atoms with Gasteiger partial charge in [-0.1, -0.05) is 54.6 Å². The molecule has 0 saturated heterocycles. The Morgan fingerprint density at radius 1 is 1.00 bits per heavy atom. The molecule has 1 fully saturated rings. The summed E-state index contributed by atoms with van der Waals surface area (Å²) in [7, 11) is 0. The molecule has 0 radical (unpaired) electrons. The van der Waals surface area contributed by atoms with Crippen molar-refractivity contribution < 1.29 is 24.2 Å². The molecule has 1 unspecified atom stereocenters. The molecule has 2 aromatic carbocycles. The molecule has 3 N–H and O–H groups in total. The van der Waals surface area contributed by atoms with Crippen LogP contribution in [0.3, 0.4) is 0 Å². The van der Waals surface area contributed by atoms with E-state index in [0.29, 0.717) is 17.7 Å². The highest BCUT2D eigenvalue weighted by molar-refractivity contribution is 7.10. The highest BCUT2D eigenvalue weighted by Crippen LogP contribution is 2.44. The summed E-state index contributed by atoms with van der Waals surface area (Å²) in [6, 6.07) is 18.3. The molecule has 1 saturated carbocycles. The quantitative estimate of drug-likeness (QED) is 0.491. The minimum absolute atomic E-state index is 0.0812. The fourth-order valence-electron chi connectivity index (χ4n) is 4.34. The van der Waals surface area contributed by atoms with Crippen molar-refractivity contribution in [1.82, 2.24) is 10.6 Å². The van der Waals surface area contributed by atoms with Gasteiger partial charge in [0.1, 0.15) is 12.1 Å². The number of aliphatic carboxylic acids is 1. The van der Waals surface area contributed by atoms with Crippen molar-refractivity contribution in [2.45, 2.75) is 30.3 Å². The Kier molecular flexibility index (Phi) is 5.38. The Bertz CT molecular complexity index is 1170. The van der Waals surface area contributed by atoms with Gasteiger partial charge in [-0.3, -0.25) is 4.79 Å². The Labute approximate surface area is 194 Å².